The Kier molecular flexibility index (Phi) is 2.40. The summed E-state index contributed by atoms with van der Waals surface area (Å²) in [7, 11) is 0. The van der Waals surface area contributed by atoms with Crippen LogP contribution in [-0.2, 0) is 0 Å². The average molecular weight is 249 g/mol. The van der Waals surface area contributed by atoms with Gasteiger partial charge in [0.1, 0.15) is 22.6 Å². The van der Waals surface area contributed by atoms with Crippen LogP contribution in [0.1, 0.15) is 36.0 Å². The molecule has 0 bridgehead atoms. The Morgan fingerprint density at radius 1 is 1.29 bits per heavy atom. The number of aromatic nitrogens is 4. The van der Waals surface area contributed by atoms with Crippen LogP contribution in [-0.4, -0.2) is 19.5 Å². The first-order chi connectivity index (χ1) is 8.16. The van der Waals surface area contributed by atoms with Gasteiger partial charge in [-0.25, -0.2) is 15.0 Å². The van der Waals surface area contributed by atoms with Crippen LogP contribution in [0.4, 0.5) is 0 Å². The van der Waals surface area contributed by atoms with Gasteiger partial charge in [0.25, 0.3) is 0 Å². The molecule has 17 heavy (non-hydrogen) atoms. The molecule has 4 nitrogen and oxygen atoms in total. The van der Waals surface area contributed by atoms with E-state index >= 15 is 0 Å². The maximum atomic E-state index is 6.18. The van der Waals surface area contributed by atoms with E-state index < -0.39 is 0 Å². The van der Waals surface area contributed by atoms with Crippen LogP contribution >= 0.6 is 11.6 Å². The summed E-state index contributed by atoms with van der Waals surface area (Å²) in [5.41, 5.74) is 0.900. The van der Waals surface area contributed by atoms with Crippen molar-refractivity contribution in [1.82, 2.24) is 19.5 Å². The predicted octanol–water partition coefficient (Wildman–Crippen LogP) is 2.81. The van der Waals surface area contributed by atoms with Gasteiger partial charge >= 0.3 is 0 Å². The molecule has 2 aromatic rings. The fraction of sp³-hybridized carbons (Fsp3) is 0.417. The summed E-state index contributed by atoms with van der Waals surface area (Å²) in [6.45, 7) is 3.89. The molecule has 1 saturated carbocycles. The van der Waals surface area contributed by atoms with Gasteiger partial charge < -0.3 is 0 Å². The standard InChI is InChI=1S/C12H13ClN4/c1-7-10(13)15-11(9-3-4-9)16-12(7)17-6-5-14-8(17)2/h5-6,9H,3-4H2,1-2H3. The number of rotatable bonds is 2. The Labute approximate surface area is 105 Å². The van der Waals surface area contributed by atoms with Crippen LogP contribution in [0, 0.1) is 13.8 Å². The second-order valence-electron chi connectivity index (χ2n) is 4.44. The van der Waals surface area contributed by atoms with Gasteiger partial charge in [0, 0.05) is 23.9 Å². The van der Waals surface area contributed by atoms with Gasteiger partial charge in [0.2, 0.25) is 0 Å². The maximum Gasteiger partial charge on any atom is 0.146 e. The number of hydrogen-bond acceptors (Lipinski definition) is 3. The Morgan fingerprint density at radius 3 is 2.65 bits per heavy atom. The minimum atomic E-state index is 0.496. The summed E-state index contributed by atoms with van der Waals surface area (Å²) < 4.78 is 1.95. The van der Waals surface area contributed by atoms with Gasteiger partial charge in [-0.1, -0.05) is 11.6 Å². The molecule has 1 aliphatic carbocycles. The predicted molar refractivity (Wildman–Crippen MR) is 65.6 cm³/mol. The van der Waals surface area contributed by atoms with E-state index in [0.29, 0.717) is 11.1 Å². The largest absolute Gasteiger partial charge is 0.288 e. The van der Waals surface area contributed by atoms with Crippen molar-refractivity contribution < 1.29 is 0 Å². The highest BCUT2D eigenvalue weighted by molar-refractivity contribution is 6.30. The molecule has 0 amide bonds. The lowest BCUT2D eigenvalue weighted by molar-refractivity contribution is 0.848. The molecular formula is C12H13ClN4. The van der Waals surface area contributed by atoms with Crippen LogP contribution in [0.25, 0.3) is 5.82 Å². The highest BCUT2D eigenvalue weighted by Crippen LogP contribution is 2.39. The quantitative estimate of drug-likeness (QED) is 0.768. The van der Waals surface area contributed by atoms with Crippen molar-refractivity contribution in [3.8, 4) is 5.82 Å². The molecule has 0 atom stereocenters. The SMILES string of the molecule is Cc1c(Cl)nc(C2CC2)nc1-n1ccnc1C. The van der Waals surface area contributed by atoms with Crippen molar-refractivity contribution in [2.75, 3.05) is 0 Å². The van der Waals surface area contributed by atoms with Crippen molar-refractivity contribution in [3.63, 3.8) is 0 Å². The van der Waals surface area contributed by atoms with Gasteiger partial charge in [-0.2, -0.15) is 0 Å². The molecule has 0 saturated heterocycles. The van der Waals surface area contributed by atoms with E-state index in [4.69, 9.17) is 11.6 Å². The molecule has 0 aromatic carbocycles. The zero-order valence-electron chi connectivity index (χ0n) is 9.81. The Balaban J connectivity index is 2.17. The number of aryl methyl sites for hydroxylation is 1. The van der Waals surface area contributed by atoms with E-state index in [-0.39, 0.29) is 0 Å². The highest BCUT2D eigenvalue weighted by atomic mass is 35.5. The van der Waals surface area contributed by atoms with Crippen LogP contribution in [0.5, 0.6) is 0 Å². The van der Waals surface area contributed by atoms with Gasteiger partial charge in [0.15, 0.2) is 0 Å². The molecule has 3 rings (SSSR count). The van der Waals surface area contributed by atoms with Gasteiger partial charge in [0.05, 0.1) is 0 Å². The third-order valence-electron chi connectivity index (χ3n) is 3.07. The molecular weight excluding hydrogens is 236 g/mol. The van der Waals surface area contributed by atoms with Crippen LogP contribution in [0.2, 0.25) is 5.15 Å². The third-order valence-corrected chi connectivity index (χ3v) is 3.44. The first-order valence-corrected chi connectivity index (χ1v) is 6.09. The topological polar surface area (TPSA) is 43.6 Å². The van der Waals surface area contributed by atoms with Crippen molar-refractivity contribution in [3.05, 3.63) is 34.8 Å². The Hall–Kier alpha value is -1.42. The highest BCUT2D eigenvalue weighted by Gasteiger charge is 2.28. The number of hydrogen-bond donors (Lipinski definition) is 0. The number of nitrogens with zero attached hydrogens (tertiary/aromatic N) is 4. The van der Waals surface area contributed by atoms with Crippen molar-refractivity contribution in [1.29, 1.82) is 0 Å². The summed E-state index contributed by atoms with van der Waals surface area (Å²) in [5, 5.41) is 0.546. The fourth-order valence-corrected chi connectivity index (χ4v) is 2.03. The zero-order chi connectivity index (χ0) is 12.0. The fourth-order valence-electron chi connectivity index (χ4n) is 1.85. The van der Waals surface area contributed by atoms with E-state index in [1.807, 2.05) is 24.6 Å². The van der Waals surface area contributed by atoms with E-state index in [9.17, 15) is 0 Å². The second kappa shape index (κ2) is 3.81. The smallest absolute Gasteiger partial charge is 0.146 e. The third kappa shape index (κ3) is 1.82. The molecule has 0 radical (unpaired) electrons. The van der Waals surface area contributed by atoms with Gasteiger partial charge in [-0.05, 0) is 26.7 Å². The second-order valence-corrected chi connectivity index (χ2v) is 4.80. The van der Waals surface area contributed by atoms with Gasteiger partial charge in [-0.15, -0.1) is 0 Å². The number of halogens is 1. The van der Waals surface area contributed by atoms with Crippen molar-refractivity contribution >= 4 is 11.6 Å². The summed E-state index contributed by atoms with van der Waals surface area (Å²) in [6.07, 6.45) is 6.00. The minimum absolute atomic E-state index is 0.496. The van der Waals surface area contributed by atoms with Crippen molar-refractivity contribution in [2.45, 2.75) is 32.6 Å². The maximum absolute atomic E-state index is 6.18. The monoisotopic (exact) mass is 248 g/mol. The number of imidazole rings is 1. The molecule has 5 heteroatoms. The first kappa shape index (κ1) is 10.7. The molecule has 0 N–H and O–H groups in total. The summed E-state index contributed by atoms with van der Waals surface area (Å²) in [5.74, 6) is 3.12. The molecule has 0 spiro atoms. The normalized spacial score (nSPS) is 15.2. The van der Waals surface area contributed by atoms with Crippen LogP contribution in [0.3, 0.4) is 0 Å². The van der Waals surface area contributed by atoms with E-state index in [1.54, 1.807) is 6.20 Å². The first-order valence-electron chi connectivity index (χ1n) is 5.71. The summed E-state index contributed by atoms with van der Waals surface area (Å²) in [4.78, 5) is 13.2. The summed E-state index contributed by atoms with van der Waals surface area (Å²) >= 11 is 6.18. The Morgan fingerprint density at radius 2 is 2.06 bits per heavy atom. The Bertz CT molecular complexity index is 572. The molecule has 88 valence electrons. The lowest BCUT2D eigenvalue weighted by Crippen LogP contribution is -2.06. The van der Waals surface area contributed by atoms with E-state index in [0.717, 1.165) is 23.0 Å². The zero-order valence-corrected chi connectivity index (χ0v) is 10.6. The van der Waals surface area contributed by atoms with E-state index in [2.05, 4.69) is 15.0 Å². The van der Waals surface area contributed by atoms with Crippen molar-refractivity contribution in [2.24, 2.45) is 0 Å². The van der Waals surface area contributed by atoms with E-state index in [1.165, 1.54) is 12.8 Å². The molecule has 2 aromatic heterocycles. The lowest BCUT2D eigenvalue weighted by atomic mass is 10.3. The van der Waals surface area contributed by atoms with Crippen LogP contribution < -0.4 is 0 Å². The molecule has 0 aliphatic heterocycles. The van der Waals surface area contributed by atoms with Gasteiger partial charge in [-0.3, -0.25) is 4.57 Å². The summed E-state index contributed by atoms with van der Waals surface area (Å²) in [6, 6.07) is 0. The minimum Gasteiger partial charge on any atom is -0.288 e. The lowest BCUT2D eigenvalue weighted by Gasteiger charge is -2.10. The molecule has 2 heterocycles. The molecule has 0 unspecified atom stereocenters. The molecule has 1 fully saturated rings. The molecule has 1 aliphatic rings. The average Bonchev–Trinajstić information content (AvgIpc) is 3.06. The van der Waals surface area contributed by atoms with Crippen LogP contribution in [0.15, 0.2) is 12.4 Å².